The third-order valence-electron chi connectivity index (χ3n) is 3.37. The molecule has 2 rings (SSSR count). The Kier molecular flexibility index (Phi) is 6.47. The summed E-state index contributed by atoms with van der Waals surface area (Å²) < 4.78 is 0. The zero-order chi connectivity index (χ0) is 16.5. The molecule has 2 heterocycles. The van der Waals surface area contributed by atoms with Gasteiger partial charge in [0.15, 0.2) is 0 Å². The number of carbonyl (C=O) groups is 1. The van der Waals surface area contributed by atoms with Gasteiger partial charge in [-0.3, -0.25) is 9.78 Å². The van der Waals surface area contributed by atoms with E-state index < -0.39 is 0 Å². The van der Waals surface area contributed by atoms with Crippen molar-refractivity contribution in [2.45, 2.75) is 33.2 Å². The molecule has 0 atom stereocenters. The number of pyridine rings is 1. The normalized spacial score (nSPS) is 10.3. The van der Waals surface area contributed by atoms with Crippen LogP contribution in [0.2, 0.25) is 0 Å². The predicted octanol–water partition coefficient (Wildman–Crippen LogP) is 2.43. The van der Waals surface area contributed by atoms with Crippen molar-refractivity contribution >= 4 is 11.7 Å². The Bertz CT molecular complexity index is 611. The minimum absolute atomic E-state index is 0.203. The maximum Gasteiger partial charge on any atom is 0.270 e. The lowest BCUT2D eigenvalue weighted by Gasteiger charge is -2.22. The second kappa shape index (κ2) is 8.82. The van der Waals surface area contributed by atoms with E-state index in [4.69, 9.17) is 0 Å². The van der Waals surface area contributed by atoms with Crippen LogP contribution in [-0.4, -0.2) is 33.9 Å². The number of nitrogens with zero attached hydrogens (tertiary/aromatic N) is 4. The van der Waals surface area contributed by atoms with Gasteiger partial charge in [-0.15, -0.1) is 0 Å². The zero-order valence-electron chi connectivity index (χ0n) is 13.7. The van der Waals surface area contributed by atoms with E-state index in [1.807, 2.05) is 12.1 Å². The smallest absolute Gasteiger partial charge is 0.270 e. The van der Waals surface area contributed by atoms with Crippen LogP contribution in [0.3, 0.4) is 0 Å². The summed E-state index contributed by atoms with van der Waals surface area (Å²) in [6.07, 6.45) is 6.96. The molecule has 6 heteroatoms. The highest BCUT2D eigenvalue weighted by molar-refractivity contribution is 5.92. The number of rotatable bonds is 8. The van der Waals surface area contributed by atoms with Crippen molar-refractivity contribution in [3.8, 4) is 0 Å². The second-order valence-electron chi connectivity index (χ2n) is 5.29. The fraction of sp³-hybridized carbons (Fsp3) is 0.412. The molecule has 0 spiro atoms. The van der Waals surface area contributed by atoms with Gasteiger partial charge in [-0.1, -0.05) is 19.9 Å². The minimum Gasteiger partial charge on any atom is -0.357 e. The highest BCUT2D eigenvalue weighted by atomic mass is 16.1. The van der Waals surface area contributed by atoms with Gasteiger partial charge < -0.3 is 10.2 Å². The van der Waals surface area contributed by atoms with Gasteiger partial charge in [0.25, 0.3) is 5.91 Å². The molecule has 122 valence electrons. The number of aromatic nitrogens is 3. The quantitative estimate of drug-likeness (QED) is 0.810. The van der Waals surface area contributed by atoms with Crippen LogP contribution in [0.5, 0.6) is 0 Å². The molecule has 0 unspecified atom stereocenters. The SMILES string of the molecule is CCCN(CCC)c1cc(C(=O)NCc2cccnc2)ncn1. The third kappa shape index (κ3) is 5.02. The largest absolute Gasteiger partial charge is 0.357 e. The molecule has 0 saturated carbocycles. The van der Waals surface area contributed by atoms with Gasteiger partial charge in [-0.2, -0.15) is 0 Å². The summed E-state index contributed by atoms with van der Waals surface area (Å²) in [6.45, 7) is 6.53. The van der Waals surface area contributed by atoms with E-state index in [1.165, 1.54) is 6.33 Å². The van der Waals surface area contributed by atoms with Crippen LogP contribution in [0.4, 0.5) is 5.82 Å². The predicted molar refractivity (Wildman–Crippen MR) is 90.2 cm³/mol. The first-order valence-corrected chi connectivity index (χ1v) is 7.98. The van der Waals surface area contributed by atoms with E-state index in [0.29, 0.717) is 12.2 Å². The summed E-state index contributed by atoms with van der Waals surface area (Å²) in [4.78, 5) is 26.9. The van der Waals surface area contributed by atoms with Gasteiger partial charge >= 0.3 is 0 Å². The van der Waals surface area contributed by atoms with Crippen LogP contribution in [0.15, 0.2) is 36.9 Å². The van der Waals surface area contributed by atoms with Crippen LogP contribution in [0, 0.1) is 0 Å². The van der Waals surface area contributed by atoms with Gasteiger partial charge in [0, 0.05) is 38.1 Å². The molecule has 0 fully saturated rings. The van der Waals surface area contributed by atoms with Gasteiger partial charge in [0.2, 0.25) is 0 Å². The van der Waals surface area contributed by atoms with E-state index in [0.717, 1.165) is 37.3 Å². The molecule has 1 N–H and O–H groups in total. The Balaban J connectivity index is 2.04. The van der Waals surface area contributed by atoms with Gasteiger partial charge in [0.1, 0.15) is 17.8 Å². The number of hydrogen-bond acceptors (Lipinski definition) is 5. The Morgan fingerprint density at radius 2 is 2.00 bits per heavy atom. The van der Waals surface area contributed by atoms with Crippen molar-refractivity contribution in [3.05, 3.63) is 48.2 Å². The molecule has 0 radical (unpaired) electrons. The molecule has 0 aliphatic rings. The first kappa shape index (κ1) is 16.9. The number of hydrogen-bond donors (Lipinski definition) is 1. The highest BCUT2D eigenvalue weighted by Crippen LogP contribution is 2.12. The minimum atomic E-state index is -0.203. The van der Waals surface area contributed by atoms with E-state index >= 15 is 0 Å². The average molecular weight is 313 g/mol. The molecule has 1 amide bonds. The van der Waals surface area contributed by atoms with Crippen LogP contribution in [-0.2, 0) is 6.54 Å². The summed E-state index contributed by atoms with van der Waals surface area (Å²) in [7, 11) is 0. The molecular formula is C17H23N5O. The molecule has 0 aliphatic heterocycles. The van der Waals surface area contributed by atoms with Crippen molar-refractivity contribution in [2.75, 3.05) is 18.0 Å². The lowest BCUT2D eigenvalue weighted by atomic mass is 10.2. The summed E-state index contributed by atoms with van der Waals surface area (Å²) in [5.74, 6) is 0.598. The highest BCUT2D eigenvalue weighted by Gasteiger charge is 2.12. The summed E-state index contributed by atoms with van der Waals surface area (Å²) in [6, 6.07) is 5.52. The fourth-order valence-electron chi connectivity index (χ4n) is 2.30. The van der Waals surface area contributed by atoms with Crippen LogP contribution in [0.25, 0.3) is 0 Å². The maximum absolute atomic E-state index is 12.3. The first-order chi connectivity index (χ1) is 11.2. The molecular weight excluding hydrogens is 290 g/mol. The summed E-state index contributed by atoms with van der Waals surface area (Å²) in [5.41, 5.74) is 1.34. The Hall–Kier alpha value is -2.50. The molecule has 6 nitrogen and oxygen atoms in total. The monoisotopic (exact) mass is 313 g/mol. The molecule has 0 aliphatic carbocycles. The van der Waals surface area contributed by atoms with Gasteiger partial charge in [-0.25, -0.2) is 9.97 Å². The van der Waals surface area contributed by atoms with Crippen LogP contribution < -0.4 is 10.2 Å². The molecule has 23 heavy (non-hydrogen) atoms. The number of anilines is 1. The van der Waals surface area contributed by atoms with Crippen LogP contribution >= 0.6 is 0 Å². The topological polar surface area (TPSA) is 71.0 Å². The molecule has 0 saturated heterocycles. The van der Waals surface area contributed by atoms with Gasteiger partial charge in [0.05, 0.1) is 0 Å². The Morgan fingerprint density at radius 1 is 1.22 bits per heavy atom. The van der Waals surface area contributed by atoms with Crippen molar-refractivity contribution in [1.82, 2.24) is 20.3 Å². The van der Waals surface area contributed by atoms with Crippen molar-refractivity contribution in [1.29, 1.82) is 0 Å². The van der Waals surface area contributed by atoms with E-state index in [2.05, 4.69) is 39.0 Å². The number of nitrogens with one attached hydrogen (secondary N) is 1. The second-order valence-corrected chi connectivity index (χ2v) is 5.29. The maximum atomic E-state index is 12.3. The van der Waals surface area contributed by atoms with E-state index in [-0.39, 0.29) is 5.91 Å². The molecule has 0 aromatic carbocycles. The molecule has 2 aromatic heterocycles. The van der Waals surface area contributed by atoms with Gasteiger partial charge in [-0.05, 0) is 24.5 Å². The number of carbonyl (C=O) groups excluding carboxylic acids is 1. The van der Waals surface area contributed by atoms with Crippen molar-refractivity contribution in [3.63, 3.8) is 0 Å². The summed E-state index contributed by atoms with van der Waals surface area (Å²) in [5, 5.41) is 2.86. The zero-order valence-corrected chi connectivity index (χ0v) is 13.7. The van der Waals surface area contributed by atoms with Crippen molar-refractivity contribution < 1.29 is 4.79 Å². The summed E-state index contributed by atoms with van der Waals surface area (Å²) >= 11 is 0. The Labute approximate surface area is 137 Å². The average Bonchev–Trinajstić information content (AvgIpc) is 2.60. The van der Waals surface area contributed by atoms with E-state index in [1.54, 1.807) is 18.5 Å². The van der Waals surface area contributed by atoms with Crippen LogP contribution in [0.1, 0.15) is 42.7 Å². The number of amides is 1. The molecule has 2 aromatic rings. The van der Waals surface area contributed by atoms with Crippen molar-refractivity contribution in [2.24, 2.45) is 0 Å². The lowest BCUT2D eigenvalue weighted by molar-refractivity contribution is 0.0945. The third-order valence-corrected chi connectivity index (χ3v) is 3.37. The van der Waals surface area contributed by atoms with E-state index in [9.17, 15) is 4.79 Å². The molecule has 0 bridgehead atoms. The Morgan fingerprint density at radius 3 is 2.65 bits per heavy atom. The lowest BCUT2D eigenvalue weighted by Crippen LogP contribution is -2.28. The fourth-order valence-corrected chi connectivity index (χ4v) is 2.30. The first-order valence-electron chi connectivity index (χ1n) is 7.98. The standard InChI is InChI=1S/C17H23N5O/c1-3-8-22(9-4-2)16-10-15(20-13-21-16)17(23)19-12-14-6-5-7-18-11-14/h5-7,10-11,13H,3-4,8-9,12H2,1-2H3,(H,19,23).